The van der Waals surface area contributed by atoms with E-state index in [0.717, 1.165) is 16.7 Å². The molecule has 1 aromatic rings. The number of carbonyl (C=O) groups is 1. The van der Waals surface area contributed by atoms with Gasteiger partial charge in [-0.1, -0.05) is 34.6 Å². The summed E-state index contributed by atoms with van der Waals surface area (Å²) >= 11 is 3.20. The van der Waals surface area contributed by atoms with Crippen LogP contribution in [0.2, 0.25) is 0 Å². The Morgan fingerprint density at radius 2 is 2.12 bits per heavy atom. The van der Waals surface area contributed by atoms with Crippen LogP contribution in [0.1, 0.15) is 17.3 Å². The highest BCUT2D eigenvalue weighted by molar-refractivity contribution is 9.11. The van der Waals surface area contributed by atoms with Crippen LogP contribution in [-0.2, 0) is 0 Å². The van der Waals surface area contributed by atoms with Gasteiger partial charge in [0.1, 0.15) is 0 Å². The van der Waals surface area contributed by atoms with Crippen molar-refractivity contribution in [1.82, 2.24) is 5.32 Å². The molecule has 0 aliphatic carbocycles. The predicted octanol–water partition coefficient (Wildman–Crippen LogP) is 2.76. The maximum Gasteiger partial charge on any atom is 0.253 e. The molecule has 0 fully saturated rings. The number of halogens is 1. The van der Waals surface area contributed by atoms with Crippen molar-refractivity contribution >= 4 is 27.5 Å². The number of rotatable bonds is 5. The van der Waals surface area contributed by atoms with Gasteiger partial charge in [0.15, 0.2) is 0 Å². The fraction of sp³-hybridized carbons (Fsp3) is 0.250. The lowest BCUT2D eigenvalue weighted by Crippen LogP contribution is -2.25. The predicted molar refractivity (Wildman–Crippen MR) is 71.0 cm³/mol. The van der Waals surface area contributed by atoms with Gasteiger partial charge in [-0.3, -0.25) is 4.79 Å². The summed E-state index contributed by atoms with van der Waals surface area (Å²) in [6.45, 7) is 6.88. The van der Waals surface area contributed by atoms with Crippen molar-refractivity contribution in [2.75, 3.05) is 18.4 Å². The molecule has 0 spiro atoms. The van der Waals surface area contributed by atoms with E-state index >= 15 is 0 Å². The van der Waals surface area contributed by atoms with Crippen molar-refractivity contribution in [1.29, 1.82) is 0 Å². The highest BCUT2D eigenvalue weighted by Crippen LogP contribution is 2.14. The van der Waals surface area contributed by atoms with Gasteiger partial charge in [0.25, 0.3) is 5.91 Å². The molecular formula is C12H15BrN2O. The molecular weight excluding hydrogens is 268 g/mol. The quantitative estimate of drug-likeness (QED) is 0.872. The third kappa shape index (κ3) is 3.70. The average molecular weight is 283 g/mol. The van der Waals surface area contributed by atoms with Crippen LogP contribution >= 0.6 is 15.9 Å². The highest BCUT2D eigenvalue weighted by Gasteiger charge is 2.09. The first kappa shape index (κ1) is 12.8. The molecule has 86 valence electrons. The lowest BCUT2D eigenvalue weighted by Gasteiger charge is -2.10. The Bertz CT molecular complexity index is 390. The number of nitrogens with one attached hydrogen (secondary N) is 2. The van der Waals surface area contributed by atoms with Crippen molar-refractivity contribution in [2.24, 2.45) is 0 Å². The number of anilines is 1. The summed E-state index contributed by atoms with van der Waals surface area (Å²) in [4.78, 5) is 11.8. The first-order chi connectivity index (χ1) is 7.65. The zero-order valence-electron chi connectivity index (χ0n) is 9.22. The summed E-state index contributed by atoms with van der Waals surface area (Å²) in [5, 5.41) is 5.92. The van der Waals surface area contributed by atoms with Gasteiger partial charge in [-0.2, -0.15) is 0 Å². The highest BCUT2D eigenvalue weighted by atomic mass is 79.9. The maximum atomic E-state index is 11.8. The molecule has 0 atom stereocenters. The summed E-state index contributed by atoms with van der Waals surface area (Å²) in [5.41, 5.74) is 1.50. The first-order valence-electron chi connectivity index (χ1n) is 5.09. The molecule has 0 heterocycles. The molecule has 1 rings (SSSR count). The second kappa shape index (κ2) is 6.33. The Balaban J connectivity index is 2.77. The molecule has 16 heavy (non-hydrogen) atoms. The monoisotopic (exact) mass is 282 g/mol. The molecule has 0 radical (unpaired) electrons. The number of amides is 1. The number of hydrogen-bond acceptors (Lipinski definition) is 2. The van der Waals surface area contributed by atoms with Crippen molar-refractivity contribution in [3.8, 4) is 0 Å². The van der Waals surface area contributed by atoms with Crippen LogP contribution in [0.25, 0.3) is 0 Å². The fourth-order valence-corrected chi connectivity index (χ4v) is 1.44. The first-order valence-corrected chi connectivity index (χ1v) is 5.88. The second-order valence-corrected chi connectivity index (χ2v) is 4.40. The number of para-hydroxylation sites is 1. The van der Waals surface area contributed by atoms with Gasteiger partial charge in [0, 0.05) is 23.3 Å². The van der Waals surface area contributed by atoms with E-state index in [-0.39, 0.29) is 5.91 Å². The van der Waals surface area contributed by atoms with Crippen molar-refractivity contribution < 1.29 is 4.79 Å². The lowest BCUT2D eigenvalue weighted by atomic mass is 10.1. The third-order valence-electron chi connectivity index (χ3n) is 1.98. The Morgan fingerprint density at radius 1 is 1.44 bits per heavy atom. The van der Waals surface area contributed by atoms with E-state index in [4.69, 9.17) is 0 Å². The zero-order valence-corrected chi connectivity index (χ0v) is 10.8. The Kier molecular flexibility index (Phi) is 5.05. The van der Waals surface area contributed by atoms with Crippen LogP contribution in [0.3, 0.4) is 0 Å². The molecule has 1 amide bonds. The summed E-state index contributed by atoms with van der Waals surface area (Å²) in [6.07, 6.45) is 0. The summed E-state index contributed by atoms with van der Waals surface area (Å²) in [5.74, 6) is -0.0999. The molecule has 0 unspecified atom stereocenters. The SMILES string of the molecule is C=C(Br)CNC(=O)c1ccccc1NCC. The van der Waals surface area contributed by atoms with Crippen LogP contribution in [0.15, 0.2) is 35.3 Å². The van der Waals surface area contributed by atoms with Gasteiger partial charge in [0.05, 0.1) is 5.56 Å². The number of hydrogen-bond donors (Lipinski definition) is 2. The molecule has 0 aliphatic rings. The van der Waals surface area contributed by atoms with Crippen LogP contribution < -0.4 is 10.6 Å². The Hall–Kier alpha value is -1.29. The number of benzene rings is 1. The van der Waals surface area contributed by atoms with Gasteiger partial charge in [-0.05, 0) is 19.1 Å². The molecule has 0 saturated carbocycles. The Morgan fingerprint density at radius 3 is 2.75 bits per heavy atom. The van der Waals surface area contributed by atoms with E-state index < -0.39 is 0 Å². The summed E-state index contributed by atoms with van der Waals surface area (Å²) in [7, 11) is 0. The maximum absolute atomic E-state index is 11.8. The smallest absolute Gasteiger partial charge is 0.253 e. The summed E-state index contributed by atoms with van der Waals surface area (Å²) < 4.78 is 0.752. The topological polar surface area (TPSA) is 41.1 Å². The van der Waals surface area contributed by atoms with Gasteiger partial charge >= 0.3 is 0 Å². The van der Waals surface area contributed by atoms with Crippen molar-refractivity contribution in [3.63, 3.8) is 0 Å². The molecule has 0 bridgehead atoms. The second-order valence-electron chi connectivity index (χ2n) is 3.28. The van der Waals surface area contributed by atoms with E-state index in [1.54, 1.807) is 6.07 Å². The van der Waals surface area contributed by atoms with Crippen molar-refractivity contribution in [3.05, 3.63) is 40.9 Å². The average Bonchev–Trinajstić information content (AvgIpc) is 2.27. The molecule has 0 aliphatic heterocycles. The van der Waals surface area contributed by atoms with Crippen LogP contribution in [-0.4, -0.2) is 19.0 Å². The molecule has 2 N–H and O–H groups in total. The largest absolute Gasteiger partial charge is 0.385 e. The number of carbonyl (C=O) groups excluding carboxylic acids is 1. The molecule has 4 heteroatoms. The normalized spacial score (nSPS) is 9.62. The van der Waals surface area contributed by atoms with Gasteiger partial charge in [0.2, 0.25) is 0 Å². The van der Waals surface area contributed by atoms with E-state index in [2.05, 4.69) is 33.1 Å². The van der Waals surface area contributed by atoms with E-state index in [1.807, 2.05) is 25.1 Å². The molecule has 3 nitrogen and oxygen atoms in total. The van der Waals surface area contributed by atoms with E-state index in [1.165, 1.54) is 0 Å². The molecule has 0 aromatic heterocycles. The molecule has 1 aromatic carbocycles. The van der Waals surface area contributed by atoms with Crippen LogP contribution in [0, 0.1) is 0 Å². The van der Waals surface area contributed by atoms with Gasteiger partial charge in [-0.25, -0.2) is 0 Å². The van der Waals surface area contributed by atoms with E-state index in [9.17, 15) is 4.79 Å². The summed E-state index contributed by atoms with van der Waals surface area (Å²) in [6, 6.07) is 7.43. The third-order valence-corrected chi connectivity index (χ3v) is 2.26. The standard InChI is InChI=1S/C12H15BrN2O/c1-3-14-11-7-5-4-6-10(11)12(16)15-8-9(2)13/h4-7,14H,2-3,8H2,1H3,(H,15,16). The van der Waals surface area contributed by atoms with Crippen LogP contribution in [0.5, 0.6) is 0 Å². The van der Waals surface area contributed by atoms with Gasteiger partial charge in [-0.15, -0.1) is 0 Å². The minimum atomic E-state index is -0.0999. The minimum Gasteiger partial charge on any atom is -0.385 e. The lowest BCUT2D eigenvalue weighted by molar-refractivity contribution is 0.0958. The zero-order chi connectivity index (χ0) is 12.0. The van der Waals surface area contributed by atoms with Crippen molar-refractivity contribution in [2.45, 2.75) is 6.92 Å². The minimum absolute atomic E-state index is 0.0999. The molecule has 0 saturated heterocycles. The Labute approximate surface area is 104 Å². The van der Waals surface area contributed by atoms with Crippen LogP contribution in [0.4, 0.5) is 5.69 Å². The van der Waals surface area contributed by atoms with E-state index in [0.29, 0.717) is 12.1 Å². The fourth-order valence-electron chi connectivity index (χ4n) is 1.30. The van der Waals surface area contributed by atoms with Gasteiger partial charge < -0.3 is 10.6 Å².